The van der Waals surface area contributed by atoms with Crippen LogP contribution in [0.4, 0.5) is 0 Å². The molecule has 0 amide bonds. The second-order valence-electron chi connectivity index (χ2n) is 5.26. The second-order valence-corrected chi connectivity index (χ2v) is 6.99. The van der Waals surface area contributed by atoms with Gasteiger partial charge in [-0.3, -0.25) is 0 Å². The minimum Gasteiger partial charge on any atom is -0.478 e. The number of nitrogens with one attached hydrogen (secondary N) is 1. The molecule has 0 heterocycles. The van der Waals surface area contributed by atoms with E-state index >= 15 is 0 Å². The van der Waals surface area contributed by atoms with Crippen LogP contribution in [-0.4, -0.2) is 50.6 Å². The van der Waals surface area contributed by atoms with Gasteiger partial charge in [-0.15, -0.1) is 0 Å². The van der Waals surface area contributed by atoms with Crippen LogP contribution in [-0.2, 0) is 10.0 Å². The number of aromatic carboxylic acids is 1. The van der Waals surface area contributed by atoms with E-state index in [0.29, 0.717) is 18.2 Å². The molecule has 0 aliphatic heterocycles. The summed E-state index contributed by atoms with van der Waals surface area (Å²) in [5, 5.41) is 8.95. The van der Waals surface area contributed by atoms with Crippen molar-refractivity contribution in [1.82, 2.24) is 9.62 Å². The van der Waals surface area contributed by atoms with Gasteiger partial charge in [0.15, 0.2) is 0 Å². The van der Waals surface area contributed by atoms with Crippen LogP contribution in [0.15, 0.2) is 23.1 Å². The molecule has 1 aromatic rings. The standard InChI is InChI=1S/C14H22N2O4S/c1-10(2)16(4)8-7-15-21(19,20)13-9-12(14(17)18)6-5-11(13)3/h5-6,9-10,15H,7-8H2,1-4H3,(H,17,18). The zero-order chi connectivity index (χ0) is 16.2. The lowest BCUT2D eigenvalue weighted by Crippen LogP contribution is -2.36. The number of benzene rings is 1. The first-order chi connectivity index (χ1) is 9.65. The molecule has 0 aromatic heterocycles. The van der Waals surface area contributed by atoms with Crippen LogP contribution < -0.4 is 4.72 Å². The van der Waals surface area contributed by atoms with Gasteiger partial charge < -0.3 is 10.0 Å². The molecule has 6 nitrogen and oxygen atoms in total. The van der Waals surface area contributed by atoms with Crippen molar-refractivity contribution in [3.05, 3.63) is 29.3 Å². The van der Waals surface area contributed by atoms with E-state index in [1.165, 1.54) is 18.2 Å². The van der Waals surface area contributed by atoms with Gasteiger partial charge in [0.1, 0.15) is 0 Å². The number of likely N-dealkylation sites (N-methyl/N-ethyl adjacent to an activating group) is 1. The molecule has 0 fully saturated rings. The van der Waals surface area contributed by atoms with Crippen molar-refractivity contribution in [2.75, 3.05) is 20.1 Å². The highest BCUT2D eigenvalue weighted by molar-refractivity contribution is 7.89. The Kier molecular flexibility index (Phi) is 5.88. The van der Waals surface area contributed by atoms with Crippen LogP contribution in [0.2, 0.25) is 0 Å². The van der Waals surface area contributed by atoms with Gasteiger partial charge in [-0.1, -0.05) is 6.07 Å². The summed E-state index contributed by atoms with van der Waals surface area (Å²) in [5.41, 5.74) is 0.477. The van der Waals surface area contributed by atoms with Crippen molar-refractivity contribution in [2.24, 2.45) is 0 Å². The summed E-state index contributed by atoms with van der Waals surface area (Å²) in [7, 11) is -1.80. The quantitative estimate of drug-likeness (QED) is 0.792. The fourth-order valence-electron chi connectivity index (χ4n) is 1.71. The Morgan fingerprint density at radius 2 is 2.00 bits per heavy atom. The molecule has 7 heteroatoms. The number of nitrogens with zero attached hydrogens (tertiary/aromatic N) is 1. The molecule has 0 bridgehead atoms. The van der Waals surface area contributed by atoms with Gasteiger partial charge in [0.25, 0.3) is 0 Å². The summed E-state index contributed by atoms with van der Waals surface area (Å²) in [6.07, 6.45) is 0. The highest BCUT2D eigenvalue weighted by atomic mass is 32.2. The van der Waals surface area contributed by atoms with E-state index in [-0.39, 0.29) is 17.0 Å². The monoisotopic (exact) mass is 314 g/mol. The van der Waals surface area contributed by atoms with E-state index in [2.05, 4.69) is 4.72 Å². The van der Waals surface area contributed by atoms with Crippen molar-refractivity contribution in [3.8, 4) is 0 Å². The molecule has 1 rings (SSSR count). The first-order valence-electron chi connectivity index (χ1n) is 6.69. The van der Waals surface area contributed by atoms with Crippen LogP contribution in [0.1, 0.15) is 29.8 Å². The highest BCUT2D eigenvalue weighted by Crippen LogP contribution is 2.17. The van der Waals surface area contributed by atoms with Crippen molar-refractivity contribution in [3.63, 3.8) is 0 Å². The number of hydrogen-bond donors (Lipinski definition) is 2. The predicted octanol–water partition coefficient (Wildman–Crippen LogP) is 1.31. The van der Waals surface area contributed by atoms with Crippen LogP contribution >= 0.6 is 0 Å². The first kappa shape index (κ1) is 17.6. The minimum absolute atomic E-state index is 0.00889. The van der Waals surface area contributed by atoms with Gasteiger partial charge in [0, 0.05) is 19.1 Å². The minimum atomic E-state index is -3.71. The third kappa shape index (κ3) is 4.80. The van der Waals surface area contributed by atoms with Gasteiger partial charge in [0.05, 0.1) is 10.5 Å². The SMILES string of the molecule is Cc1ccc(C(=O)O)cc1S(=O)(=O)NCCN(C)C(C)C. The highest BCUT2D eigenvalue weighted by Gasteiger charge is 2.18. The lowest BCUT2D eigenvalue weighted by Gasteiger charge is -2.21. The average molecular weight is 314 g/mol. The van der Waals surface area contributed by atoms with Crippen LogP contribution in [0.5, 0.6) is 0 Å². The summed E-state index contributed by atoms with van der Waals surface area (Å²) < 4.78 is 27.0. The average Bonchev–Trinajstić information content (AvgIpc) is 2.38. The number of aryl methyl sites for hydroxylation is 1. The molecule has 2 N–H and O–H groups in total. The Balaban J connectivity index is 2.88. The molecule has 118 valence electrons. The van der Waals surface area contributed by atoms with Gasteiger partial charge in [0.2, 0.25) is 10.0 Å². The van der Waals surface area contributed by atoms with Gasteiger partial charge in [-0.05, 0) is 45.5 Å². The van der Waals surface area contributed by atoms with Gasteiger partial charge >= 0.3 is 5.97 Å². The van der Waals surface area contributed by atoms with Crippen molar-refractivity contribution < 1.29 is 18.3 Å². The molecule has 0 aliphatic carbocycles. The zero-order valence-corrected chi connectivity index (χ0v) is 13.6. The number of rotatable bonds is 7. The third-order valence-electron chi connectivity index (χ3n) is 3.36. The second kappa shape index (κ2) is 7.02. The van der Waals surface area contributed by atoms with Crippen molar-refractivity contribution in [2.45, 2.75) is 31.7 Å². The number of sulfonamides is 1. The number of carbonyl (C=O) groups is 1. The lowest BCUT2D eigenvalue weighted by molar-refractivity contribution is 0.0696. The normalized spacial score (nSPS) is 12.1. The molecule has 0 aliphatic rings. The van der Waals surface area contributed by atoms with Gasteiger partial charge in [-0.25, -0.2) is 17.9 Å². The Hall–Kier alpha value is -1.44. The van der Waals surface area contributed by atoms with Crippen molar-refractivity contribution in [1.29, 1.82) is 0 Å². The lowest BCUT2D eigenvalue weighted by atomic mass is 10.1. The fraction of sp³-hybridized carbons (Fsp3) is 0.500. The largest absolute Gasteiger partial charge is 0.478 e. The summed E-state index contributed by atoms with van der Waals surface area (Å²) in [4.78, 5) is 13.0. The van der Waals surface area contributed by atoms with E-state index in [0.717, 1.165) is 0 Å². The van der Waals surface area contributed by atoms with Crippen molar-refractivity contribution >= 4 is 16.0 Å². The van der Waals surface area contributed by atoms with E-state index in [1.807, 2.05) is 25.8 Å². The maximum Gasteiger partial charge on any atom is 0.335 e. The predicted molar refractivity (Wildman–Crippen MR) is 81.1 cm³/mol. The Bertz CT molecular complexity index is 611. The summed E-state index contributed by atoms with van der Waals surface area (Å²) in [6.45, 7) is 6.53. The number of carboxylic acid groups (broad SMARTS) is 1. The number of hydrogen-bond acceptors (Lipinski definition) is 4. The Labute approximate surface area is 125 Å². The van der Waals surface area contributed by atoms with E-state index in [1.54, 1.807) is 6.92 Å². The molecule has 0 radical (unpaired) electrons. The summed E-state index contributed by atoms with van der Waals surface area (Å²) in [5.74, 6) is -1.15. The first-order valence-corrected chi connectivity index (χ1v) is 8.17. The van der Waals surface area contributed by atoms with Gasteiger partial charge in [-0.2, -0.15) is 0 Å². The molecular formula is C14H22N2O4S. The molecule has 1 aromatic carbocycles. The molecule has 0 spiro atoms. The summed E-state index contributed by atoms with van der Waals surface area (Å²) in [6, 6.07) is 4.40. The van der Waals surface area contributed by atoms with E-state index in [4.69, 9.17) is 5.11 Å². The maximum atomic E-state index is 12.3. The maximum absolute atomic E-state index is 12.3. The Morgan fingerprint density at radius 1 is 1.38 bits per heavy atom. The third-order valence-corrected chi connectivity index (χ3v) is 4.97. The van der Waals surface area contributed by atoms with E-state index < -0.39 is 16.0 Å². The van der Waals surface area contributed by atoms with Crippen LogP contribution in [0, 0.1) is 6.92 Å². The smallest absolute Gasteiger partial charge is 0.335 e. The van der Waals surface area contributed by atoms with Crippen LogP contribution in [0.3, 0.4) is 0 Å². The Morgan fingerprint density at radius 3 is 2.52 bits per heavy atom. The van der Waals surface area contributed by atoms with Crippen LogP contribution in [0.25, 0.3) is 0 Å². The zero-order valence-electron chi connectivity index (χ0n) is 12.8. The topological polar surface area (TPSA) is 86.7 Å². The molecule has 21 heavy (non-hydrogen) atoms. The molecular weight excluding hydrogens is 292 g/mol. The molecule has 0 saturated heterocycles. The molecule has 0 saturated carbocycles. The molecule has 0 unspecified atom stereocenters. The van der Waals surface area contributed by atoms with E-state index in [9.17, 15) is 13.2 Å². The fourth-order valence-corrected chi connectivity index (χ4v) is 3.00. The molecule has 0 atom stereocenters. The number of carboxylic acids is 1. The summed E-state index contributed by atoms with van der Waals surface area (Å²) >= 11 is 0.